The van der Waals surface area contributed by atoms with E-state index in [9.17, 15) is 0 Å². The number of benzene rings is 1. The van der Waals surface area contributed by atoms with Crippen molar-refractivity contribution in [1.82, 2.24) is 5.32 Å². The SMILES string of the molecule is CCNC(c1ccc(OC)c(Br)c1)c1ccsc1C. The van der Waals surface area contributed by atoms with Gasteiger partial charge in [0.15, 0.2) is 0 Å². The van der Waals surface area contributed by atoms with Crippen LogP contribution >= 0.6 is 27.3 Å². The molecule has 2 aromatic rings. The molecule has 0 saturated heterocycles. The van der Waals surface area contributed by atoms with E-state index in [0.29, 0.717) is 0 Å². The minimum atomic E-state index is 0.235. The molecule has 0 aliphatic carbocycles. The van der Waals surface area contributed by atoms with Gasteiger partial charge in [-0.05, 0) is 64.1 Å². The van der Waals surface area contributed by atoms with E-state index in [1.54, 1.807) is 18.4 Å². The molecule has 1 N–H and O–H groups in total. The zero-order valence-corrected chi connectivity index (χ0v) is 13.8. The van der Waals surface area contributed by atoms with Crippen molar-refractivity contribution in [3.8, 4) is 5.75 Å². The number of rotatable bonds is 5. The Morgan fingerprint density at radius 1 is 1.37 bits per heavy atom. The summed E-state index contributed by atoms with van der Waals surface area (Å²) in [5.74, 6) is 0.862. The molecule has 1 aromatic heterocycles. The number of methoxy groups -OCH3 is 1. The molecule has 4 heteroatoms. The summed E-state index contributed by atoms with van der Waals surface area (Å²) in [5.41, 5.74) is 2.60. The van der Waals surface area contributed by atoms with E-state index in [4.69, 9.17) is 4.74 Å². The zero-order chi connectivity index (χ0) is 13.8. The van der Waals surface area contributed by atoms with Crippen LogP contribution in [0.3, 0.4) is 0 Å². The molecular formula is C15H18BrNOS. The van der Waals surface area contributed by atoms with Crippen LogP contribution in [0.5, 0.6) is 5.75 Å². The Kier molecular flexibility index (Phi) is 5.02. The first kappa shape index (κ1) is 14.6. The van der Waals surface area contributed by atoms with Crippen LogP contribution < -0.4 is 10.1 Å². The first-order chi connectivity index (χ1) is 9.17. The Labute approximate surface area is 126 Å². The number of ether oxygens (including phenoxy) is 1. The van der Waals surface area contributed by atoms with Crippen molar-refractivity contribution >= 4 is 27.3 Å². The molecule has 0 radical (unpaired) electrons. The predicted octanol–water partition coefficient (Wildman–Crippen LogP) is 4.53. The fourth-order valence-corrected chi connectivity index (χ4v) is 3.47. The Hall–Kier alpha value is -0.840. The van der Waals surface area contributed by atoms with Gasteiger partial charge < -0.3 is 10.1 Å². The summed E-state index contributed by atoms with van der Waals surface area (Å²) in [4.78, 5) is 1.36. The lowest BCUT2D eigenvalue weighted by Crippen LogP contribution is -2.22. The lowest BCUT2D eigenvalue weighted by atomic mass is 9.99. The number of halogens is 1. The maximum atomic E-state index is 5.29. The van der Waals surface area contributed by atoms with Crippen molar-refractivity contribution in [2.45, 2.75) is 19.9 Å². The highest BCUT2D eigenvalue weighted by Crippen LogP contribution is 2.33. The van der Waals surface area contributed by atoms with Gasteiger partial charge in [-0.15, -0.1) is 11.3 Å². The third kappa shape index (κ3) is 3.19. The van der Waals surface area contributed by atoms with E-state index < -0.39 is 0 Å². The van der Waals surface area contributed by atoms with Crippen LogP contribution in [0.2, 0.25) is 0 Å². The average Bonchev–Trinajstić information content (AvgIpc) is 2.82. The van der Waals surface area contributed by atoms with Gasteiger partial charge in [0.2, 0.25) is 0 Å². The lowest BCUT2D eigenvalue weighted by molar-refractivity contribution is 0.412. The Balaban J connectivity index is 2.39. The molecule has 1 heterocycles. The third-order valence-corrected chi connectivity index (χ3v) is 4.61. The first-order valence-electron chi connectivity index (χ1n) is 6.28. The van der Waals surface area contributed by atoms with Gasteiger partial charge >= 0.3 is 0 Å². The molecular weight excluding hydrogens is 322 g/mol. The Morgan fingerprint density at radius 3 is 2.68 bits per heavy atom. The second kappa shape index (κ2) is 6.55. The Morgan fingerprint density at radius 2 is 2.16 bits per heavy atom. The summed E-state index contributed by atoms with van der Waals surface area (Å²) in [5, 5.41) is 5.70. The van der Waals surface area contributed by atoms with Gasteiger partial charge in [-0.3, -0.25) is 0 Å². The summed E-state index contributed by atoms with van der Waals surface area (Å²) >= 11 is 5.35. The maximum Gasteiger partial charge on any atom is 0.133 e. The summed E-state index contributed by atoms with van der Waals surface area (Å²) in [7, 11) is 1.69. The molecule has 2 rings (SSSR count). The van der Waals surface area contributed by atoms with Crippen molar-refractivity contribution in [2.24, 2.45) is 0 Å². The molecule has 0 amide bonds. The van der Waals surface area contributed by atoms with E-state index in [1.165, 1.54) is 16.0 Å². The van der Waals surface area contributed by atoms with Gasteiger partial charge in [0.1, 0.15) is 5.75 Å². The number of hydrogen-bond acceptors (Lipinski definition) is 3. The molecule has 102 valence electrons. The highest BCUT2D eigenvalue weighted by molar-refractivity contribution is 9.10. The van der Waals surface area contributed by atoms with Crippen molar-refractivity contribution in [1.29, 1.82) is 0 Å². The van der Waals surface area contributed by atoms with Gasteiger partial charge in [0, 0.05) is 4.88 Å². The zero-order valence-electron chi connectivity index (χ0n) is 11.4. The second-order valence-corrected chi connectivity index (χ2v) is 6.29. The smallest absolute Gasteiger partial charge is 0.133 e. The summed E-state index contributed by atoms with van der Waals surface area (Å²) in [6.07, 6.45) is 0. The van der Waals surface area contributed by atoms with Gasteiger partial charge in [-0.2, -0.15) is 0 Å². The van der Waals surface area contributed by atoms with Crippen molar-refractivity contribution in [2.75, 3.05) is 13.7 Å². The number of hydrogen-bond donors (Lipinski definition) is 1. The molecule has 0 bridgehead atoms. The molecule has 0 fully saturated rings. The number of nitrogens with one attached hydrogen (secondary N) is 1. The molecule has 19 heavy (non-hydrogen) atoms. The monoisotopic (exact) mass is 339 g/mol. The fourth-order valence-electron chi connectivity index (χ4n) is 2.17. The third-order valence-electron chi connectivity index (χ3n) is 3.13. The van der Waals surface area contributed by atoms with Crippen LogP contribution in [0.4, 0.5) is 0 Å². The first-order valence-corrected chi connectivity index (χ1v) is 7.95. The van der Waals surface area contributed by atoms with E-state index >= 15 is 0 Å². The van der Waals surface area contributed by atoms with E-state index in [1.807, 2.05) is 6.07 Å². The van der Waals surface area contributed by atoms with Crippen LogP contribution in [-0.2, 0) is 0 Å². The highest BCUT2D eigenvalue weighted by Gasteiger charge is 2.17. The summed E-state index contributed by atoms with van der Waals surface area (Å²) in [6.45, 7) is 5.24. The minimum absolute atomic E-state index is 0.235. The largest absolute Gasteiger partial charge is 0.496 e. The molecule has 1 atom stereocenters. The highest BCUT2D eigenvalue weighted by atomic mass is 79.9. The standard InChI is InChI=1S/C15H18BrNOS/c1-4-17-15(12-7-8-19-10(12)2)11-5-6-14(18-3)13(16)9-11/h5-9,15,17H,4H2,1-3H3. The van der Waals surface area contributed by atoms with Crippen molar-refractivity contribution < 1.29 is 4.74 Å². The maximum absolute atomic E-state index is 5.29. The van der Waals surface area contributed by atoms with E-state index in [2.05, 4.69) is 58.7 Å². The molecule has 0 aliphatic rings. The summed E-state index contributed by atoms with van der Waals surface area (Å²) < 4.78 is 6.28. The number of thiophene rings is 1. The molecule has 0 aliphatic heterocycles. The van der Waals surface area contributed by atoms with Crippen LogP contribution in [0.15, 0.2) is 34.1 Å². The topological polar surface area (TPSA) is 21.3 Å². The van der Waals surface area contributed by atoms with Crippen molar-refractivity contribution in [3.05, 3.63) is 50.1 Å². The Bertz CT molecular complexity index is 553. The van der Waals surface area contributed by atoms with E-state index in [0.717, 1.165) is 16.8 Å². The molecule has 2 nitrogen and oxygen atoms in total. The lowest BCUT2D eigenvalue weighted by Gasteiger charge is -2.19. The van der Waals surface area contributed by atoms with Gasteiger partial charge in [0.25, 0.3) is 0 Å². The van der Waals surface area contributed by atoms with Crippen LogP contribution in [-0.4, -0.2) is 13.7 Å². The van der Waals surface area contributed by atoms with Crippen LogP contribution in [0, 0.1) is 6.92 Å². The van der Waals surface area contributed by atoms with Crippen LogP contribution in [0.25, 0.3) is 0 Å². The average molecular weight is 340 g/mol. The van der Waals surface area contributed by atoms with Gasteiger partial charge in [0.05, 0.1) is 17.6 Å². The molecule has 1 aromatic carbocycles. The summed E-state index contributed by atoms with van der Waals surface area (Å²) in [6, 6.07) is 8.69. The second-order valence-electron chi connectivity index (χ2n) is 4.32. The fraction of sp³-hybridized carbons (Fsp3) is 0.333. The van der Waals surface area contributed by atoms with E-state index in [-0.39, 0.29) is 6.04 Å². The molecule has 1 unspecified atom stereocenters. The normalized spacial score (nSPS) is 12.4. The number of aryl methyl sites for hydroxylation is 1. The van der Waals surface area contributed by atoms with Gasteiger partial charge in [-0.25, -0.2) is 0 Å². The molecule has 0 saturated carbocycles. The predicted molar refractivity (Wildman–Crippen MR) is 85.3 cm³/mol. The molecule has 0 spiro atoms. The van der Waals surface area contributed by atoms with Gasteiger partial charge in [-0.1, -0.05) is 13.0 Å². The van der Waals surface area contributed by atoms with Crippen LogP contribution in [0.1, 0.15) is 29.0 Å². The van der Waals surface area contributed by atoms with Crippen molar-refractivity contribution in [3.63, 3.8) is 0 Å². The minimum Gasteiger partial charge on any atom is -0.496 e. The quantitative estimate of drug-likeness (QED) is 0.864.